The zero-order chi connectivity index (χ0) is 14.1. The Bertz CT molecular complexity index is 660. The molecule has 0 atom stereocenters. The molecule has 1 fully saturated rings. The minimum atomic E-state index is -0.702. The third-order valence-electron chi connectivity index (χ3n) is 3.23. The summed E-state index contributed by atoms with van der Waals surface area (Å²) in [7, 11) is 0. The summed E-state index contributed by atoms with van der Waals surface area (Å²) in [4.78, 5) is 3.74. The Kier molecular flexibility index (Phi) is 3.20. The summed E-state index contributed by atoms with van der Waals surface area (Å²) in [6, 6.07) is 4.84. The predicted octanol–water partition coefficient (Wildman–Crippen LogP) is 2.27. The Labute approximate surface area is 114 Å². The van der Waals surface area contributed by atoms with E-state index in [4.69, 9.17) is 5.26 Å². The lowest BCUT2D eigenvalue weighted by molar-refractivity contribution is 0.561. The molecule has 4 nitrogen and oxygen atoms in total. The fourth-order valence-electron chi connectivity index (χ4n) is 2.07. The maximum atomic E-state index is 14.1. The molecule has 1 saturated carbocycles. The zero-order valence-electron chi connectivity index (χ0n) is 10.6. The average Bonchev–Trinajstić information content (AvgIpc) is 3.13. The largest absolute Gasteiger partial charge is 0.310 e. The summed E-state index contributed by atoms with van der Waals surface area (Å²) >= 11 is 0. The van der Waals surface area contributed by atoms with E-state index in [0.717, 1.165) is 17.4 Å². The summed E-state index contributed by atoms with van der Waals surface area (Å²) in [5.41, 5.74) is 0.281. The van der Waals surface area contributed by atoms with Gasteiger partial charge in [-0.05, 0) is 30.5 Å². The van der Waals surface area contributed by atoms with Crippen molar-refractivity contribution in [1.29, 1.82) is 5.26 Å². The van der Waals surface area contributed by atoms with Crippen LogP contribution in [0.2, 0.25) is 0 Å². The van der Waals surface area contributed by atoms with Crippen LogP contribution >= 0.6 is 0 Å². The minimum Gasteiger partial charge on any atom is -0.310 e. The first-order chi connectivity index (χ1) is 9.69. The van der Waals surface area contributed by atoms with Gasteiger partial charge in [-0.25, -0.2) is 13.8 Å². The third-order valence-corrected chi connectivity index (χ3v) is 3.23. The van der Waals surface area contributed by atoms with Gasteiger partial charge in [-0.15, -0.1) is 0 Å². The molecule has 1 aliphatic carbocycles. The highest BCUT2D eigenvalue weighted by molar-refractivity contribution is 5.41. The van der Waals surface area contributed by atoms with E-state index in [1.165, 1.54) is 24.5 Å². The maximum absolute atomic E-state index is 14.1. The number of aromatic nitrogens is 2. The first-order valence-corrected chi connectivity index (χ1v) is 6.34. The van der Waals surface area contributed by atoms with Gasteiger partial charge in [0.05, 0.1) is 0 Å². The van der Waals surface area contributed by atoms with Gasteiger partial charge >= 0.3 is 0 Å². The Morgan fingerprint density at radius 1 is 1.35 bits per heavy atom. The smallest absolute Gasteiger partial charge is 0.217 e. The Hall–Kier alpha value is -2.26. The van der Waals surface area contributed by atoms with Crippen LogP contribution in [0.3, 0.4) is 0 Å². The summed E-state index contributed by atoms with van der Waals surface area (Å²) in [5.74, 6) is -1.45. The van der Waals surface area contributed by atoms with Gasteiger partial charge in [0.2, 0.25) is 5.82 Å². The molecule has 0 bridgehead atoms. The van der Waals surface area contributed by atoms with Crippen LogP contribution in [0.5, 0.6) is 0 Å². The van der Waals surface area contributed by atoms with Crippen LogP contribution in [0, 0.1) is 23.0 Å². The van der Waals surface area contributed by atoms with Crippen molar-refractivity contribution in [2.75, 3.05) is 0 Å². The highest BCUT2D eigenvalue weighted by atomic mass is 19.1. The molecule has 0 aliphatic heterocycles. The van der Waals surface area contributed by atoms with Crippen LogP contribution < -0.4 is 5.32 Å². The van der Waals surface area contributed by atoms with Crippen molar-refractivity contribution >= 4 is 0 Å². The number of nitrogens with one attached hydrogen (secondary N) is 1. The number of hydrogen-bond acceptors (Lipinski definition) is 3. The van der Waals surface area contributed by atoms with Gasteiger partial charge in [-0.3, -0.25) is 4.57 Å². The van der Waals surface area contributed by atoms with Gasteiger partial charge in [0.15, 0.2) is 11.6 Å². The molecule has 0 unspecified atom stereocenters. The highest BCUT2D eigenvalue weighted by Crippen LogP contribution is 2.23. The molecule has 6 heteroatoms. The number of rotatable bonds is 4. The second-order valence-electron chi connectivity index (χ2n) is 4.80. The summed E-state index contributed by atoms with van der Waals surface area (Å²) in [6.45, 7) is 0.438. The maximum Gasteiger partial charge on any atom is 0.217 e. The lowest BCUT2D eigenvalue weighted by Gasteiger charge is -2.10. The van der Waals surface area contributed by atoms with Crippen LogP contribution in [0.1, 0.15) is 24.2 Å². The lowest BCUT2D eigenvalue weighted by Crippen LogP contribution is -2.16. The summed E-state index contributed by atoms with van der Waals surface area (Å²) < 4.78 is 29.3. The van der Waals surface area contributed by atoms with Crippen molar-refractivity contribution in [3.8, 4) is 11.8 Å². The van der Waals surface area contributed by atoms with Gasteiger partial charge < -0.3 is 5.32 Å². The fourth-order valence-corrected chi connectivity index (χ4v) is 2.07. The van der Waals surface area contributed by atoms with Gasteiger partial charge in [0.25, 0.3) is 0 Å². The van der Waals surface area contributed by atoms with Crippen LogP contribution in [-0.2, 0) is 6.54 Å². The first kappa shape index (κ1) is 12.8. The van der Waals surface area contributed by atoms with E-state index in [0.29, 0.717) is 18.2 Å². The zero-order valence-corrected chi connectivity index (χ0v) is 10.6. The minimum absolute atomic E-state index is 0.0494. The van der Waals surface area contributed by atoms with Gasteiger partial charge in [0, 0.05) is 25.0 Å². The van der Waals surface area contributed by atoms with E-state index in [1.54, 1.807) is 6.07 Å². The molecule has 0 amide bonds. The number of hydrogen-bond donors (Lipinski definition) is 1. The molecule has 102 valence electrons. The molecule has 1 N–H and O–H groups in total. The van der Waals surface area contributed by atoms with Gasteiger partial charge in [0.1, 0.15) is 11.8 Å². The van der Waals surface area contributed by atoms with Gasteiger partial charge in [-0.2, -0.15) is 5.26 Å². The molecule has 20 heavy (non-hydrogen) atoms. The predicted molar refractivity (Wildman–Crippen MR) is 68.1 cm³/mol. The molecular weight excluding hydrogens is 262 g/mol. The number of nitrogens with zero attached hydrogens (tertiary/aromatic N) is 3. The number of nitriles is 1. The molecule has 1 aliphatic rings. The van der Waals surface area contributed by atoms with E-state index < -0.39 is 11.6 Å². The highest BCUT2D eigenvalue weighted by Gasteiger charge is 2.21. The quantitative estimate of drug-likeness (QED) is 0.930. The molecule has 0 saturated heterocycles. The molecule has 1 heterocycles. The Morgan fingerprint density at radius 3 is 2.65 bits per heavy atom. The summed E-state index contributed by atoms with van der Waals surface area (Å²) in [5, 5.41) is 12.1. The monoisotopic (exact) mass is 274 g/mol. The number of imidazole rings is 1. The third kappa shape index (κ3) is 2.40. The molecule has 0 radical (unpaired) electrons. The molecule has 1 aromatic carbocycles. The van der Waals surface area contributed by atoms with Crippen LogP contribution in [0.4, 0.5) is 8.78 Å². The van der Waals surface area contributed by atoms with Crippen LogP contribution in [-0.4, -0.2) is 15.6 Å². The molecular formula is C14H12F2N4. The summed E-state index contributed by atoms with van der Waals surface area (Å²) in [6.07, 6.45) is 4.93. The number of benzene rings is 1. The SMILES string of the molecule is N#Cc1nccn1-c1c(F)cc(CNC2CC2)cc1F. The average molecular weight is 274 g/mol. The van der Waals surface area contributed by atoms with E-state index >= 15 is 0 Å². The second kappa shape index (κ2) is 5.02. The van der Waals surface area contributed by atoms with Crippen molar-refractivity contribution in [3.05, 3.63) is 47.5 Å². The van der Waals surface area contributed by atoms with Gasteiger partial charge in [-0.1, -0.05) is 0 Å². The van der Waals surface area contributed by atoms with Crippen molar-refractivity contribution in [2.45, 2.75) is 25.4 Å². The Balaban J connectivity index is 1.93. The van der Waals surface area contributed by atoms with E-state index in [1.807, 2.05) is 0 Å². The lowest BCUT2D eigenvalue weighted by atomic mass is 10.1. The van der Waals surface area contributed by atoms with Crippen molar-refractivity contribution in [3.63, 3.8) is 0 Å². The molecule has 1 aromatic heterocycles. The first-order valence-electron chi connectivity index (χ1n) is 6.34. The van der Waals surface area contributed by atoms with Crippen molar-refractivity contribution in [1.82, 2.24) is 14.9 Å². The second-order valence-corrected chi connectivity index (χ2v) is 4.80. The molecule has 0 spiro atoms. The van der Waals surface area contributed by atoms with E-state index in [-0.39, 0.29) is 11.5 Å². The normalized spacial score (nSPS) is 14.2. The number of halogens is 2. The fraction of sp³-hybridized carbons (Fsp3) is 0.286. The van der Waals surface area contributed by atoms with Crippen LogP contribution in [0.25, 0.3) is 5.69 Å². The van der Waals surface area contributed by atoms with Crippen LogP contribution in [0.15, 0.2) is 24.5 Å². The standard InChI is InChI=1S/C14H12F2N4/c15-11-5-9(8-19-10-1-2-10)6-12(16)14(11)20-4-3-18-13(20)7-17/h3-6,10,19H,1-2,8H2. The topological polar surface area (TPSA) is 53.6 Å². The van der Waals surface area contributed by atoms with E-state index in [2.05, 4.69) is 10.3 Å². The van der Waals surface area contributed by atoms with Crippen molar-refractivity contribution in [2.24, 2.45) is 0 Å². The molecule has 3 rings (SSSR count). The molecule has 2 aromatic rings. The van der Waals surface area contributed by atoms with Crippen molar-refractivity contribution < 1.29 is 8.78 Å². The Morgan fingerprint density at radius 2 is 2.05 bits per heavy atom. The van der Waals surface area contributed by atoms with E-state index in [9.17, 15) is 8.78 Å².